The molecule has 1 unspecified atom stereocenters. The Balaban J connectivity index is 2.39. The van der Waals surface area contributed by atoms with Gasteiger partial charge in [0.2, 0.25) is 0 Å². The Morgan fingerprint density at radius 1 is 1.36 bits per heavy atom. The van der Waals surface area contributed by atoms with Crippen molar-refractivity contribution < 1.29 is 4.79 Å². The molecule has 4 nitrogen and oxygen atoms in total. The van der Waals surface area contributed by atoms with Gasteiger partial charge in [0, 0.05) is 6.42 Å². The predicted molar refractivity (Wildman–Crippen MR) is 52.9 cm³/mol. The van der Waals surface area contributed by atoms with Crippen molar-refractivity contribution in [1.29, 1.82) is 0 Å². The smallest absolute Gasteiger partial charge is 0.122 e. The molecular weight excluding hydrogens is 178 g/mol. The van der Waals surface area contributed by atoms with E-state index < -0.39 is 0 Å². The molecule has 14 heavy (non-hydrogen) atoms. The third kappa shape index (κ3) is 1.51. The number of fused-ring (bicyclic) bond motifs is 1. The molecule has 1 aromatic heterocycles. The third-order valence-corrected chi connectivity index (χ3v) is 2.13. The quantitative estimate of drug-likeness (QED) is 0.689. The zero-order chi connectivity index (χ0) is 9.97. The fraction of sp³-hybridized carbons (Fsp3) is 0.300. The van der Waals surface area contributed by atoms with Crippen molar-refractivity contribution in [2.75, 3.05) is 0 Å². The van der Waals surface area contributed by atoms with Crippen LogP contribution in [0.4, 0.5) is 0 Å². The van der Waals surface area contributed by atoms with Gasteiger partial charge in [0.15, 0.2) is 0 Å². The monoisotopic (exact) mass is 189 g/mol. The SMILES string of the molecule is CC(CC=O)n1nc2ccccc2n1. The third-order valence-electron chi connectivity index (χ3n) is 2.13. The van der Waals surface area contributed by atoms with E-state index in [2.05, 4.69) is 10.2 Å². The van der Waals surface area contributed by atoms with Crippen molar-refractivity contribution in [3.05, 3.63) is 24.3 Å². The molecule has 1 atom stereocenters. The summed E-state index contributed by atoms with van der Waals surface area (Å²) in [5.41, 5.74) is 1.73. The van der Waals surface area contributed by atoms with E-state index in [1.165, 1.54) is 0 Å². The first-order valence-corrected chi connectivity index (χ1v) is 4.56. The molecule has 0 N–H and O–H groups in total. The number of carbonyl (C=O) groups is 1. The van der Waals surface area contributed by atoms with Gasteiger partial charge >= 0.3 is 0 Å². The summed E-state index contributed by atoms with van der Waals surface area (Å²) in [5, 5.41) is 8.56. The first kappa shape index (κ1) is 8.87. The van der Waals surface area contributed by atoms with E-state index in [9.17, 15) is 4.79 Å². The minimum absolute atomic E-state index is 0.0277. The van der Waals surface area contributed by atoms with Crippen molar-refractivity contribution in [2.24, 2.45) is 0 Å². The summed E-state index contributed by atoms with van der Waals surface area (Å²) in [4.78, 5) is 11.9. The van der Waals surface area contributed by atoms with Crippen LogP contribution in [0.5, 0.6) is 0 Å². The van der Waals surface area contributed by atoms with Crippen molar-refractivity contribution in [3.63, 3.8) is 0 Å². The lowest BCUT2D eigenvalue weighted by atomic mass is 10.3. The van der Waals surface area contributed by atoms with Crippen molar-refractivity contribution in [1.82, 2.24) is 15.0 Å². The molecule has 1 aromatic carbocycles. The summed E-state index contributed by atoms with van der Waals surface area (Å²) in [7, 11) is 0. The van der Waals surface area contributed by atoms with Crippen LogP contribution in [0.15, 0.2) is 24.3 Å². The topological polar surface area (TPSA) is 47.8 Å². The van der Waals surface area contributed by atoms with Crippen molar-refractivity contribution >= 4 is 17.3 Å². The Bertz CT molecular complexity index is 416. The van der Waals surface area contributed by atoms with Gasteiger partial charge in [-0.25, -0.2) is 0 Å². The summed E-state index contributed by atoms with van der Waals surface area (Å²) >= 11 is 0. The minimum atomic E-state index is 0.0277. The maximum atomic E-state index is 10.3. The highest BCUT2D eigenvalue weighted by Crippen LogP contribution is 2.12. The van der Waals surface area contributed by atoms with Gasteiger partial charge < -0.3 is 4.79 Å². The zero-order valence-corrected chi connectivity index (χ0v) is 7.92. The van der Waals surface area contributed by atoms with Gasteiger partial charge in [0.05, 0.1) is 6.04 Å². The second kappa shape index (κ2) is 3.57. The molecule has 4 heteroatoms. The minimum Gasteiger partial charge on any atom is -0.303 e. The fourth-order valence-electron chi connectivity index (χ4n) is 1.31. The maximum absolute atomic E-state index is 10.3. The van der Waals surface area contributed by atoms with Crippen molar-refractivity contribution in [3.8, 4) is 0 Å². The highest BCUT2D eigenvalue weighted by molar-refractivity contribution is 5.73. The molecular formula is C10H11N3O. The summed E-state index contributed by atoms with van der Waals surface area (Å²) < 4.78 is 0. The fourth-order valence-corrected chi connectivity index (χ4v) is 1.31. The number of hydrogen-bond donors (Lipinski definition) is 0. The number of carbonyl (C=O) groups excluding carboxylic acids is 1. The Morgan fingerprint density at radius 2 is 1.93 bits per heavy atom. The number of aldehydes is 1. The van der Waals surface area contributed by atoms with Gasteiger partial charge in [-0.1, -0.05) is 12.1 Å². The van der Waals surface area contributed by atoms with E-state index in [1.54, 1.807) is 4.80 Å². The molecule has 0 saturated carbocycles. The normalized spacial score (nSPS) is 12.9. The predicted octanol–water partition coefficient (Wildman–Crippen LogP) is 1.58. The van der Waals surface area contributed by atoms with Gasteiger partial charge in [0.1, 0.15) is 17.3 Å². The molecule has 0 radical (unpaired) electrons. The Hall–Kier alpha value is -1.71. The highest BCUT2D eigenvalue weighted by atomic mass is 16.1. The first-order chi connectivity index (χ1) is 6.81. The van der Waals surface area contributed by atoms with E-state index in [-0.39, 0.29) is 6.04 Å². The first-order valence-electron chi connectivity index (χ1n) is 4.56. The second-order valence-corrected chi connectivity index (χ2v) is 3.26. The van der Waals surface area contributed by atoms with Crippen LogP contribution in [0, 0.1) is 0 Å². The molecule has 0 saturated heterocycles. The van der Waals surface area contributed by atoms with Crippen LogP contribution in [0.3, 0.4) is 0 Å². The van der Waals surface area contributed by atoms with Gasteiger partial charge in [-0.2, -0.15) is 15.0 Å². The number of hydrogen-bond acceptors (Lipinski definition) is 3. The molecule has 2 rings (SSSR count). The zero-order valence-electron chi connectivity index (χ0n) is 7.92. The lowest BCUT2D eigenvalue weighted by molar-refractivity contribution is -0.108. The summed E-state index contributed by atoms with van der Waals surface area (Å²) in [6.07, 6.45) is 1.33. The van der Waals surface area contributed by atoms with Crippen LogP contribution in [0.25, 0.3) is 11.0 Å². The summed E-state index contributed by atoms with van der Waals surface area (Å²) in [6, 6.07) is 7.69. The molecule has 0 aliphatic carbocycles. The van der Waals surface area contributed by atoms with Gasteiger partial charge in [0.25, 0.3) is 0 Å². The molecule has 0 fully saturated rings. The Labute approximate surface area is 81.5 Å². The van der Waals surface area contributed by atoms with Crippen molar-refractivity contribution in [2.45, 2.75) is 19.4 Å². The van der Waals surface area contributed by atoms with Crippen LogP contribution in [-0.4, -0.2) is 21.3 Å². The molecule has 0 aliphatic heterocycles. The van der Waals surface area contributed by atoms with Gasteiger partial charge in [-0.3, -0.25) is 0 Å². The number of nitrogens with zero attached hydrogens (tertiary/aromatic N) is 3. The van der Waals surface area contributed by atoms with Crippen LogP contribution in [-0.2, 0) is 4.79 Å². The Kier molecular flexibility index (Phi) is 2.26. The summed E-state index contributed by atoms with van der Waals surface area (Å²) in [6.45, 7) is 1.92. The molecule has 1 heterocycles. The largest absolute Gasteiger partial charge is 0.303 e. The lowest BCUT2D eigenvalue weighted by Gasteiger charge is -2.04. The summed E-state index contributed by atoms with van der Waals surface area (Å²) in [5.74, 6) is 0. The van der Waals surface area contributed by atoms with E-state index >= 15 is 0 Å². The Morgan fingerprint density at radius 3 is 2.43 bits per heavy atom. The number of benzene rings is 1. The number of aromatic nitrogens is 3. The van der Waals surface area contributed by atoms with Gasteiger partial charge in [-0.15, -0.1) is 0 Å². The van der Waals surface area contributed by atoms with E-state index in [0.29, 0.717) is 6.42 Å². The maximum Gasteiger partial charge on any atom is 0.122 e. The molecule has 72 valence electrons. The average Bonchev–Trinajstić information content (AvgIpc) is 2.61. The van der Waals surface area contributed by atoms with Crippen LogP contribution in [0.2, 0.25) is 0 Å². The molecule has 0 amide bonds. The van der Waals surface area contributed by atoms with Gasteiger partial charge in [-0.05, 0) is 19.1 Å². The lowest BCUT2D eigenvalue weighted by Crippen LogP contribution is -2.08. The molecule has 0 spiro atoms. The molecule has 0 aliphatic rings. The van der Waals surface area contributed by atoms with E-state index in [4.69, 9.17) is 0 Å². The van der Waals surface area contributed by atoms with Crippen LogP contribution >= 0.6 is 0 Å². The highest BCUT2D eigenvalue weighted by Gasteiger charge is 2.07. The van der Waals surface area contributed by atoms with Crippen LogP contribution in [0.1, 0.15) is 19.4 Å². The van der Waals surface area contributed by atoms with Crippen LogP contribution < -0.4 is 0 Å². The standard InChI is InChI=1S/C10H11N3O/c1-8(6-7-14)13-11-9-4-2-3-5-10(9)12-13/h2-5,7-8H,6H2,1H3. The molecule has 2 aromatic rings. The van der Waals surface area contributed by atoms with E-state index in [0.717, 1.165) is 17.3 Å². The average molecular weight is 189 g/mol. The van der Waals surface area contributed by atoms with E-state index in [1.807, 2.05) is 31.2 Å². The second-order valence-electron chi connectivity index (χ2n) is 3.26. The number of rotatable bonds is 3. The molecule has 0 bridgehead atoms.